The van der Waals surface area contributed by atoms with E-state index in [1.807, 2.05) is 6.08 Å². The number of unbranched alkanes of at least 4 members (excludes halogenated alkanes) is 11. The first-order valence-corrected chi connectivity index (χ1v) is 9.18. The largest absolute Gasteiger partial charge is 0.396 e. The van der Waals surface area contributed by atoms with Crippen molar-refractivity contribution in [1.82, 2.24) is 0 Å². The summed E-state index contributed by atoms with van der Waals surface area (Å²) in [5.74, 6) is 0. The van der Waals surface area contributed by atoms with Crippen LogP contribution in [0.4, 0.5) is 0 Å². The average molecular weight is 315 g/mol. The molecular formula is C19H38O3. The highest BCUT2D eigenvalue weighted by Gasteiger charge is 2.26. The molecule has 0 aliphatic rings. The summed E-state index contributed by atoms with van der Waals surface area (Å²) in [7, 11) is 0. The summed E-state index contributed by atoms with van der Waals surface area (Å²) in [6.07, 6.45) is 17.9. The molecule has 0 bridgehead atoms. The molecule has 3 nitrogen and oxygen atoms in total. The Morgan fingerprint density at radius 2 is 0.955 bits per heavy atom. The summed E-state index contributed by atoms with van der Waals surface area (Å²) in [6.45, 7) is 3.34. The second-order valence-corrected chi connectivity index (χ2v) is 6.69. The van der Waals surface area contributed by atoms with Crippen molar-refractivity contribution in [2.45, 2.75) is 83.5 Å². The lowest BCUT2D eigenvalue weighted by Crippen LogP contribution is -2.33. The zero-order valence-electron chi connectivity index (χ0n) is 14.4. The molecule has 0 rings (SSSR count). The molecule has 0 aromatic heterocycles. The fourth-order valence-electron chi connectivity index (χ4n) is 2.77. The Kier molecular flexibility index (Phi) is 15.2. The minimum atomic E-state index is -0.675. The molecule has 0 saturated heterocycles. The van der Waals surface area contributed by atoms with Crippen LogP contribution in [-0.4, -0.2) is 35.1 Å². The SMILES string of the molecule is C=CCCCCCCCCCCCCCC(CO)(CO)CO. The third-order valence-corrected chi connectivity index (χ3v) is 4.62. The highest BCUT2D eigenvalue weighted by Crippen LogP contribution is 2.24. The molecule has 0 fully saturated rings. The van der Waals surface area contributed by atoms with Gasteiger partial charge < -0.3 is 15.3 Å². The molecule has 22 heavy (non-hydrogen) atoms. The van der Waals surface area contributed by atoms with Crippen LogP contribution in [0.15, 0.2) is 12.7 Å². The molecule has 3 heteroatoms. The van der Waals surface area contributed by atoms with Gasteiger partial charge in [-0.15, -0.1) is 6.58 Å². The first kappa shape index (κ1) is 21.6. The normalized spacial score (nSPS) is 11.8. The van der Waals surface area contributed by atoms with Crippen molar-refractivity contribution in [3.8, 4) is 0 Å². The number of allylic oxidation sites excluding steroid dienone is 1. The van der Waals surface area contributed by atoms with Crippen molar-refractivity contribution < 1.29 is 15.3 Å². The topological polar surface area (TPSA) is 60.7 Å². The molecular weight excluding hydrogens is 276 g/mol. The van der Waals surface area contributed by atoms with Crippen molar-refractivity contribution in [2.24, 2.45) is 5.41 Å². The van der Waals surface area contributed by atoms with Crippen molar-refractivity contribution in [3.63, 3.8) is 0 Å². The van der Waals surface area contributed by atoms with Gasteiger partial charge in [-0.2, -0.15) is 0 Å². The Hall–Kier alpha value is -0.380. The van der Waals surface area contributed by atoms with Gasteiger partial charge >= 0.3 is 0 Å². The van der Waals surface area contributed by atoms with Crippen molar-refractivity contribution >= 4 is 0 Å². The smallest absolute Gasteiger partial charge is 0.0531 e. The third-order valence-electron chi connectivity index (χ3n) is 4.62. The number of hydrogen-bond acceptors (Lipinski definition) is 3. The third kappa shape index (κ3) is 11.2. The molecule has 0 aliphatic carbocycles. The van der Waals surface area contributed by atoms with Gasteiger partial charge in [-0.25, -0.2) is 0 Å². The maximum atomic E-state index is 9.24. The van der Waals surface area contributed by atoms with Crippen LogP contribution in [0.5, 0.6) is 0 Å². The van der Waals surface area contributed by atoms with Crippen molar-refractivity contribution in [1.29, 1.82) is 0 Å². The number of hydrogen-bond donors (Lipinski definition) is 3. The van der Waals surface area contributed by atoms with Gasteiger partial charge in [0, 0.05) is 5.41 Å². The molecule has 0 spiro atoms. The van der Waals surface area contributed by atoms with Crippen LogP contribution in [0.3, 0.4) is 0 Å². The van der Waals surface area contributed by atoms with Gasteiger partial charge in [0.15, 0.2) is 0 Å². The summed E-state index contributed by atoms with van der Waals surface area (Å²) < 4.78 is 0. The Bertz CT molecular complexity index is 229. The monoisotopic (exact) mass is 314 g/mol. The number of aliphatic hydroxyl groups excluding tert-OH is 3. The van der Waals surface area contributed by atoms with Crippen molar-refractivity contribution in [3.05, 3.63) is 12.7 Å². The summed E-state index contributed by atoms with van der Waals surface area (Å²) in [4.78, 5) is 0. The predicted molar refractivity (Wildman–Crippen MR) is 93.9 cm³/mol. The molecule has 0 heterocycles. The maximum Gasteiger partial charge on any atom is 0.0531 e. The van der Waals surface area contributed by atoms with Gasteiger partial charge in [0.1, 0.15) is 0 Å². The molecule has 0 atom stereocenters. The van der Waals surface area contributed by atoms with Gasteiger partial charge in [0.05, 0.1) is 19.8 Å². The predicted octanol–water partition coefficient (Wildman–Crippen LogP) is 4.21. The molecule has 0 unspecified atom stereocenters. The van der Waals surface area contributed by atoms with E-state index >= 15 is 0 Å². The second-order valence-electron chi connectivity index (χ2n) is 6.69. The summed E-state index contributed by atoms with van der Waals surface area (Å²) in [5, 5.41) is 27.7. The molecule has 0 amide bonds. The zero-order valence-corrected chi connectivity index (χ0v) is 14.4. The van der Waals surface area contributed by atoms with Crippen molar-refractivity contribution in [2.75, 3.05) is 19.8 Å². The van der Waals surface area contributed by atoms with Crippen LogP contribution in [0.2, 0.25) is 0 Å². The Morgan fingerprint density at radius 3 is 1.32 bits per heavy atom. The van der Waals surface area contributed by atoms with E-state index in [0.717, 1.165) is 19.3 Å². The maximum absolute atomic E-state index is 9.24. The minimum Gasteiger partial charge on any atom is -0.396 e. The van der Waals surface area contributed by atoms with E-state index in [0.29, 0.717) is 6.42 Å². The molecule has 0 aliphatic heterocycles. The lowest BCUT2D eigenvalue weighted by molar-refractivity contribution is -0.00229. The zero-order chi connectivity index (χ0) is 16.5. The van der Waals surface area contributed by atoms with E-state index in [1.54, 1.807) is 0 Å². The second kappa shape index (κ2) is 15.5. The molecule has 132 valence electrons. The molecule has 0 aromatic rings. The Labute approximate surface area is 137 Å². The summed E-state index contributed by atoms with van der Waals surface area (Å²) in [6, 6.07) is 0. The molecule has 0 radical (unpaired) electrons. The van der Waals surface area contributed by atoms with Crippen LogP contribution < -0.4 is 0 Å². The van der Waals surface area contributed by atoms with Crippen LogP contribution in [0, 0.1) is 5.41 Å². The fraction of sp³-hybridized carbons (Fsp3) is 0.895. The minimum absolute atomic E-state index is 0.132. The molecule has 0 saturated carbocycles. The molecule has 0 aromatic carbocycles. The van der Waals surface area contributed by atoms with Gasteiger partial charge in [0.2, 0.25) is 0 Å². The standard InChI is InChI=1S/C19H38O3/c1-2-3-4-5-6-7-8-9-10-11-12-13-14-15-19(16-20,17-21)18-22/h2,20-22H,1,3-18H2. The van der Waals surface area contributed by atoms with E-state index < -0.39 is 5.41 Å². The Morgan fingerprint density at radius 1 is 0.591 bits per heavy atom. The lowest BCUT2D eigenvalue weighted by atomic mass is 9.85. The van der Waals surface area contributed by atoms with Gasteiger partial charge in [-0.05, 0) is 19.3 Å². The number of aliphatic hydroxyl groups is 3. The van der Waals surface area contributed by atoms with Gasteiger partial charge in [-0.1, -0.05) is 70.3 Å². The van der Waals surface area contributed by atoms with Crippen LogP contribution in [0.1, 0.15) is 83.5 Å². The van der Waals surface area contributed by atoms with E-state index in [-0.39, 0.29) is 19.8 Å². The van der Waals surface area contributed by atoms with Crippen LogP contribution >= 0.6 is 0 Å². The Balaban J connectivity index is 3.28. The number of rotatable bonds is 17. The van der Waals surface area contributed by atoms with E-state index in [1.165, 1.54) is 57.8 Å². The highest BCUT2D eigenvalue weighted by atomic mass is 16.3. The summed E-state index contributed by atoms with van der Waals surface area (Å²) >= 11 is 0. The van der Waals surface area contributed by atoms with Crippen LogP contribution in [-0.2, 0) is 0 Å². The van der Waals surface area contributed by atoms with Gasteiger partial charge in [-0.3, -0.25) is 0 Å². The fourth-order valence-corrected chi connectivity index (χ4v) is 2.77. The lowest BCUT2D eigenvalue weighted by Gasteiger charge is -2.27. The summed E-state index contributed by atoms with van der Waals surface area (Å²) in [5.41, 5.74) is -0.675. The first-order valence-electron chi connectivity index (χ1n) is 9.18. The molecule has 3 N–H and O–H groups in total. The van der Waals surface area contributed by atoms with Crippen LogP contribution in [0.25, 0.3) is 0 Å². The first-order chi connectivity index (χ1) is 10.7. The van der Waals surface area contributed by atoms with E-state index in [2.05, 4.69) is 6.58 Å². The van der Waals surface area contributed by atoms with E-state index in [9.17, 15) is 15.3 Å². The average Bonchev–Trinajstić information content (AvgIpc) is 2.56. The highest BCUT2D eigenvalue weighted by molar-refractivity contribution is 4.76. The van der Waals surface area contributed by atoms with Gasteiger partial charge in [0.25, 0.3) is 0 Å². The van der Waals surface area contributed by atoms with E-state index in [4.69, 9.17) is 0 Å². The quantitative estimate of drug-likeness (QED) is 0.278.